The lowest BCUT2D eigenvalue weighted by Gasteiger charge is -1.94. The predicted molar refractivity (Wildman–Crippen MR) is 63.8 cm³/mol. The van der Waals surface area contributed by atoms with Gasteiger partial charge in [-0.05, 0) is 24.1 Å². The minimum atomic E-state index is 1.21. The molecule has 1 aromatic heterocycles. The maximum absolute atomic E-state index is 2.25. The molecule has 2 aromatic rings. The van der Waals surface area contributed by atoms with Gasteiger partial charge in [0.05, 0.1) is 0 Å². The topological polar surface area (TPSA) is 0 Å². The van der Waals surface area contributed by atoms with E-state index in [1.54, 1.807) is 0 Å². The molecule has 0 radical (unpaired) electrons. The molecule has 0 fully saturated rings. The standard InChI is InChI=1S/C13H14S/c1-2-6-12-9-10-13(14-12)11-7-4-3-5-8-11/h3-5,7-10H,2,6H2,1H3. The van der Waals surface area contributed by atoms with E-state index < -0.39 is 0 Å². The number of thiophene rings is 1. The fourth-order valence-corrected chi connectivity index (χ4v) is 2.63. The minimum Gasteiger partial charge on any atom is -0.140 e. The van der Waals surface area contributed by atoms with Crippen LogP contribution in [0.4, 0.5) is 0 Å². The van der Waals surface area contributed by atoms with Crippen LogP contribution in [0.25, 0.3) is 10.4 Å². The Kier molecular flexibility index (Phi) is 3.00. The summed E-state index contributed by atoms with van der Waals surface area (Å²) in [5.74, 6) is 0. The maximum atomic E-state index is 2.25. The molecule has 0 saturated carbocycles. The first-order valence-electron chi connectivity index (χ1n) is 5.04. The molecular formula is C13H14S. The van der Waals surface area contributed by atoms with Crippen LogP contribution < -0.4 is 0 Å². The molecule has 0 aliphatic carbocycles. The lowest BCUT2D eigenvalue weighted by Crippen LogP contribution is -1.72. The first-order valence-corrected chi connectivity index (χ1v) is 5.86. The molecule has 0 amide bonds. The number of rotatable bonds is 3. The van der Waals surface area contributed by atoms with E-state index in [9.17, 15) is 0 Å². The Morgan fingerprint density at radius 2 is 1.79 bits per heavy atom. The van der Waals surface area contributed by atoms with E-state index >= 15 is 0 Å². The van der Waals surface area contributed by atoms with Crippen molar-refractivity contribution in [3.8, 4) is 10.4 Å². The van der Waals surface area contributed by atoms with Gasteiger partial charge in [-0.3, -0.25) is 0 Å². The van der Waals surface area contributed by atoms with Crippen LogP contribution in [0.2, 0.25) is 0 Å². The van der Waals surface area contributed by atoms with Crippen molar-refractivity contribution in [1.29, 1.82) is 0 Å². The van der Waals surface area contributed by atoms with Crippen molar-refractivity contribution in [3.05, 3.63) is 47.3 Å². The Balaban J connectivity index is 2.25. The molecule has 72 valence electrons. The number of aryl methyl sites for hydroxylation is 1. The largest absolute Gasteiger partial charge is 0.140 e. The molecule has 2 rings (SSSR count). The molecular weight excluding hydrogens is 188 g/mol. The van der Waals surface area contributed by atoms with Crippen LogP contribution in [0, 0.1) is 0 Å². The zero-order valence-electron chi connectivity index (χ0n) is 8.36. The van der Waals surface area contributed by atoms with Crippen molar-refractivity contribution in [2.75, 3.05) is 0 Å². The highest BCUT2D eigenvalue weighted by molar-refractivity contribution is 7.15. The Bertz CT molecular complexity index is 387. The lowest BCUT2D eigenvalue weighted by molar-refractivity contribution is 0.940. The molecule has 0 atom stereocenters. The third-order valence-electron chi connectivity index (χ3n) is 2.22. The summed E-state index contributed by atoms with van der Waals surface area (Å²) in [5.41, 5.74) is 1.33. The van der Waals surface area contributed by atoms with Gasteiger partial charge in [-0.1, -0.05) is 43.7 Å². The average Bonchev–Trinajstić information content (AvgIpc) is 2.68. The van der Waals surface area contributed by atoms with Crippen molar-refractivity contribution in [2.24, 2.45) is 0 Å². The van der Waals surface area contributed by atoms with Crippen molar-refractivity contribution in [1.82, 2.24) is 0 Å². The molecule has 0 N–H and O–H groups in total. The van der Waals surface area contributed by atoms with Gasteiger partial charge >= 0.3 is 0 Å². The Morgan fingerprint density at radius 3 is 2.50 bits per heavy atom. The molecule has 0 saturated heterocycles. The third kappa shape index (κ3) is 2.05. The van der Waals surface area contributed by atoms with Crippen molar-refractivity contribution < 1.29 is 0 Å². The Morgan fingerprint density at radius 1 is 1.00 bits per heavy atom. The zero-order chi connectivity index (χ0) is 9.80. The molecule has 0 bridgehead atoms. The van der Waals surface area contributed by atoms with Gasteiger partial charge in [-0.25, -0.2) is 0 Å². The van der Waals surface area contributed by atoms with E-state index in [2.05, 4.69) is 49.4 Å². The summed E-state index contributed by atoms with van der Waals surface area (Å²) < 4.78 is 0. The van der Waals surface area contributed by atoms with Crippen LogP contribution in [0.1, 0.15) is 18.2 Å². The smallest absolute Gasteiger partial charge is 0.0345 e. The Hall–Kier alpha value is -1.08. The Labute approximate surface area is 89.2 Å². The van der Waals surface area contributed by atoms with Crippen molar-refractivity contribution >= 4 is 11.3 Å². The van der Waals surface area contributed by atoms with Crippen LogP contribution in [-0.4, -0.2) is 0 Å². The van der Waals surface area contributed by atoms with Crippen LogP contribution >= 0.6 is 11.3 Å². The van der Waals surface area contributed by atoms with Gasteiger partial charge in [0.15, 0.2) is 0 Å². The summed E-state index contributed by atoms with van der Waals surface area (Å²) in [6, 6.07) is 15.1. The SMILES string of the molecule is CCCc1ccc(-c2ccccc2)s1. The first-order chi connectivity index (χ1) is 6.90. The monoisotopic (exact) mass is 202 g/mol. The van der Waals surface area contributed by atoms with Gasteiger partial charge in [0, 0.05) is 9.75 Å². The highest BCUT2D eigenvalue weighted by Crippen LogP contribution is 2.28. The molecule has 0 aliphatic rings. The summed E-state index contributed by atoms with van der Waals surface area (Å²) in [6.45, 7) is 2.22. The van der Waals surface area contributed by atoms with E-state index in [-0.39, 0.29) is 0 Å². The fraction of sp³-hybridized carbons (Fsp3) is 0.231. The quantitative estimate of drug-likeness (QED) is 0.693. The fourth-order valence-electron chi connectivity index (χ4n) is 1.52. The van der Waals surface area contributed by atoms with Crippen molar-refractivity contribution in [2.45, 2.75) is 19.8 Å². The van der Waals surface area contributed by atoms with E-state index in [4.69, 9.17) is 0 Å². The second-order valence-electron chi connectivity index (χ2n) is 3.38. The zero-order valence-corrected chi connectivity index (χ0v) is 9.18. The maximum Gasteiger partial charge on any atom is 0.0345 e. The summed E-state index contributed by atoms with van der Waals surface area (Å²) in [6.07, 6.45) is 2.44. The van der Waals surface area contributed by atoms with Gasteiger partial charge < -0.3 is 0 Å². The molecule has 1 heteroatoms. The molecule has 0 aliphatic heterocycles. The van der Waals surface area contributed by atoms with Gasteiger partial charge in [0.1, 0.15) is 0 Å². The summed E-state index contributed by atoms with van der Waals surface area (Å²) in [4.78, 5) is 2.88. The minimum absolute atomic E-state index is 1.21. The average molecular weight is 202 g/mol. The molecule has 0 nitrogen and oxygen atoms in total. The third-order valence-corrected chi connectivity index (χ3v) is 3.41. The number of benzene rings is 1. The van der Waals surface area contributed by atoms with Crippen LogP contribution in [0.3, 0.4) is 0 Å². The molecule has 1 aromatic carbocycles. The van der Waals surface area contributed by atoms with E-state index in [1.165, 1.54) is 28.2 Å². The van der Waals surface area contributed by atoms with Crippen molar-refractivity contribution in [3.63, 3.8) is 0 Å². The summed E-state index contributed by atoms with van der Waals surface area (Å²) in [5, 5.41) is 0. The van der Waals surface area contributed by atoms with Gasteiger partial charge in [0.2, 0.25) is 0 Å². The summed E-state index contributed by atoms with van der Waals surface area (Å²) >= 11 is 1.91. The second kappa shape index (κ2) is 4.43. The number of hydrogen-bond donors (Lipinski definition) is 0. The van der Waals surface area contributed by atoms with Crippen LogP contribution in [-0.2, 0) is 6.42 Å². The van der Waals surface area contributed by atoms with Crippen LogP contribution in [0.5, 0.6) is 0 Å². The van der Waals surface area contributed by atoms with Gasteiger partial charge in [-0.15, -0.1) is 11.3 Å². The summed E-state index contributed by atoms with van der Waals surface area (Å²) in [7, 11) is 0. The molecule has 0 unspecified atom stereocenters. The molecule has 1 heterocycles. The van der Waals surface area contributed by atoms with E-state index in [0.29, 0.717) is 0 Å². The number of hydrogen-bond acceptors (Lipinski definition) is 1. The normalized spacial score (nSPS) is 10.4. The van der Waals surface area contributed by atoms with E-state index in [0.717, 1.165) is 0 Å². The van der Waals surface area contributed by atoms with Gasteiger partial charge in [-0.2, -0.15) is 0 Å². The highest BCUT2D eigenvalue weighted by Gasteiger charge is 2.00. The van der Waals surface area contributed by atoms with Crippen LogP contribution in [0.15, 0.2) is 42.5 Å². The predicted octanol–water partition coefficient (Wildman–Crippen LogP) is 4.37. The molecule has 14 heavy (non-hydrogen) atoms. The first kappa shape index (κ1) is 9.47. The van der Waals surface area contributed by atoms with Gasteiger partial charge in [0.25, 0.3) is 0 Å². The lowest BCUT2D eigenvalue weighted by atomic mass is 10.2. The van der Waals surface area contributed by atoms with E-state index in [1.807, 2.05) is 11.3 Å². The second-order valence-corrected chi connectivity index (χ2v) is 4.55. The molecule has 0 spiro atoms. The highest BCUT2D eigenvalue weighted by atomic mass is 32.1.